The topological polar surface area (TPSA) is 50.4 Å². The molecule has 0 saturated heterocycles. The Labute approximate surface area is 91.1 Å². The van der Waals surface area contributed by atoms with Crippen LogP contribution in [0, 0.1) is 0 Å². The number of allylic oxidation sites excluding steroid dienone is 1. The van der Waals surface area contributed by atoms with Gasteiger partial charge in [-0.3, -0.25) is 4.79 Å². The summed E-state index contributed by atoms with van der Waals surface area (Å²) in [4.78, 5) is 11.4. The highest BCUT2D eigenvalue weighted by Gasteiger charge is 2.11. The fourth-order valence-corrected chi connectivity index (χ4v) is 1.58. The standard InChI is InChI=1S/C11H20N2O2/c1-15-8-7-12-9-11(14)13-10-5-3-2-4-6-10/h2-3,10,12H,4-9H2,1H3,(H,13,14). The number of rotatable bonds is 6. The average Bonchev–Trinajstić information content (AvgIpc) is 2.26. The first-order chi connectivity index (χ1) is 7.33. The molecule has 2 N–H and O–H groups in total. The Morgan fingerprint density at radius 3 is 3.07 bits per heavy atom. The SMILES string of the molecule is COCCNCC(=O)NC1CC=CCC1. The minimum atomic E-state index is 0.0754. The van der Waals surface area contributed by atoms with Crippen LogP contribution in [0.15, 0.2) is 12.2 Å². The van der Waals surface area contributed by atoms with Crippen molar-refractivity contribution >= 4 is 5.91 Å². The molecule has 1 amide bonds. The summed E-state index contributed by atoms with van der Waals surface area (Å²) in [7, 11) is 1.65. The third-order valence-corrected chi connectivity index (χ3v) is 2.40. The molecule has 1 rings (SSSR count). The molecule has 0 saturated carbocycles. The second kappa shape index (κ2) is 7.43. The maximum absolute atomic E-state index is 11.4. The van der Waals surface area contributed by atoms with Crippen LogP contribution in [0.5, 0.6) is 0 Å². The fourth-order valence-electron chi connectivity index (χ4n) is 1.58. The number of carbonyl (C=O) groups is 1. The van der Waals surface area contributed by atoms with Crippen LogP contribution in [0.3, 0.4) is 0 Å². The molecule has 4 heteroatoms. The number of carbonyl (C=O) groups excluding carboxylic acids is 1. The molecule has 0 radical (unpaired) electrons. The summed E-state index contributed by atoms with van der Waals surface area (Å²) in [6, 6.07) is 0.326. The molecule has 0 bridgehead atoms. The summed E-state index contributed by atoms with van der Waals surface area (Å²) >= 11 is 0. The van der Waals surface area contributed by atoms with Crippen LogP contribution in [0.4, 0.5) is 0 Å². The predicted molar refractivity (Wildman–Crippen MR) is 59.7 cm³/mol. The van der Waals surface area contributed by atoms with Gasteiger partial charge in [-0.25, -0.2) is 0 Å². The van der Waals surface area contributed by atoms with Crippen LogP contribution in [0.1, 0.15) is 19.3 Å². The molecular weight excluding hydrogens is 192 g/mol. The van der Waals surface area contributed by atoms with Crippen LogP contribution in [-0.2, 0) is 9.53 Å². The molecule has 0 aromatic heterocycles. The number of hydrogen-bond donors (Lipinski definition) is 2. The van der Waals surface area contributed by atoms with Crippen molar-refractivity contribution in [2.45, 2.75) is 25.3 Å². The molecule has 4 nitrogen and oxygen atoms in total. The van der Waals surface area contributed by atoms with Crippen molar-refractivity contribution in [2.24, 2.45) is 0 Å². The van der Waals surface area contributed by atoms with E-state index in [4.69, 9.17) is 4.74 Å². The van der Waals surface area contributed by atoms with Crippen molar-refractivity contribution in [3.63, 3.8) is 0 Å². The zero-order valence-corrected chi connectivity index (χ0v) is 9.29. The first kappa shape index (κ1) is 12.2. The van der Waals surface area contributed by atoms with Crippen LogP contribution >= 0.6 is 0 Å². The maximum atomic E-state index is 11.4. The third kappa shape index (κ3) is 5.54. The van der Waals surface area contributed by atoms with Crippen molar-refractivity contribution in [2.75, 3.05) is 26.8 Å². The van der Waals surface area contributed by atoms with Gasteiger partial charge >= 0.3 is 0 Å². The van der Waals surface area contributed by atoms with Gasteiger partial charge in [0.1, 0.15) is 0 Å². The first-order valence-electron chi connectivity index (χ1n) is 5.47. The second-order valence-corrected chi connectivity index (χ2v) is 3.72. The molecular formula is C11H20N2O2. The molecule has 0 aliphatic heterocycles. The maximum Gasteiger partial charge on any atom is 0.234 e. The van der Waals surface area contributed by atoms with Gasteiger partial charge in [0.15, 0.2) is 0 Å². The smallest absolute Gasteiger partial charge is 0.234 e. The van der Waals surface area contributed by atoms with E-state index in [0.29, 0.717) is 25.7 Å². The van der Waals surface area contributed by atoms with Gasteiger partial charge in [-0.15, -0.1) is 0 Å². The van der Waals surface area contributed by atoms with Crippen molar-refractivity contribution in [3.05, 3.63) is 12.2 Å². The Balaban J connectivity index is 2.04. The summed E-state index contributed by atoms with van der Waals surface area (Å²) in [5.41, 5.74) is 0. The Bertz CT molecular complexity index is 217. The second-order valence-electron chi connectivity index (χ2n) is 3.72. The monoisotopic (exact) mass is 212 g/mol. The highest BCUT2D eigenvalue weighted by molar-refractivity contribution is 5.78. The molecule has 15 heavy (non-hydrogen) atoms. The lowest BCUT2D eigenvalue weighted by Gasteiger charge is -2.19. The van der Waals surface area contributed by atoms with E-state index in [1.54, 1.807) is 7.11 Å². The molecule has 1 aliphatic rings. The zero-order chi connectivity index (χ0) is 10.9. The Kier molecular flexibility index (Phi) is 6.04. The molecule has 0 heterocycles. The minimum absolute atomic E-state index is 0.0754. The summed E-state index contributed by atoms with van der Waals surface area (Å²) in [5.74, 6) is 0.0754. The van der Waals surface area contributed by atoms with Gasteiger partial charge in [0.2, 0.25) is 5.91 Å². The van der Waals surface area contributed by atoms with E-state index in [1.165, 1.54) is 0 Å². The number of methoxy groups -OCH3 is 1. The molecule has 0 fully saturated rings. The largest absolute Gasteiger partial charge is 0.383 e. The van der Waals surface area contributed by atoms with E-state index < -0.39 is 0 Å². The van der Waals surface area contributed by atoms with E-state index in [0.717, 1.165) is 19.3 Å². The van der Waals surface area contributed by atoms with Gasteiger partial charge in [0, 0.05) is 19.7 Å². The van der Waals surface area contributed by atoms with Crippen LogP contribution < -0.4 is 10.6 Å². The van der Waals surface area contributed by atoms with E-state index >= 15 is 0 Å². The lowest BCUT2D eigenvalue weighted by molar-refractivity contribution is -0.121. The van der Waals surface area contributed by atoms with Crippen LogP contribution in [0.2, 0.25) is 0 Å². The number of nitrogens with one attached hydrogen (secondary N) is 2. The van der Waals surface area contributed by atoms with Crippen LogP contribution in [-0.4, -0.2) is 38.8 Å². The first-order valence-corrected chi connectivity index (χ1v) is 5.47. The lowest BCUT2D eigenvalue weighted by atomic mass is 10.0. The molecule has 86 valence electrons. The molecule has 0 aromatic carbocycles. The minimum Gasteiger partial charge on any atom is -0.383 e. The van der Waals surface area contributed by atoms with Gasteiger partial charge < -0.3 is 15.4 Å². The predicted octanol–water partition coefficient (Wildman–Crippen LogP) is 0.447. The number of hydrogen-bond acceptors (Lipinski definition) is 3. The summed E-state index contributed by atoms with van der Waals surface area (Å²) < 4.78 is 4.87. The molecule has 0 spiro atoms. The number of amides is 1. The fraction of sp³-hybridized carbons (Fsp3) is 0.727. The third-order valence-electron chi connectivity index (χ3n) is 2.40. The molecule has 0 aromatic rings. The Morgan fingerprint density at radius 1 is 1.53 bits per heavy atom. The summed E-state index contributed by atoms with van der Waals surface area (Å²) in [5, 5.41) is 6.02. The quantitative estimate of drug-likeness (QED) is 0.496. The highest BCUT2D eigenvalue weighted by atomic mass is 16.5. The van der Waals surface area contributed by atoms with Gasteiger partial charge in [-0.2, -0.15) is 0 Å². The highest BCUT2D eigenvalue weighted by Crippen LogP contribution is 2.09. The van der Waals surface area contributed by atoms with Gasteiger partial charge in [-0.1, -0.05) is 12.2 Å². The summed E-state index contributed by atoms with van der Waals surface area (Å²) in [6.07, 6.45) is 7.39. The molecule has 1 atom stereocenters. The average molecular weight is 212 g/mol. The van der Waals surface area contributed by atoms with E-state index in [2.05, 4.69) is 22.8 Å². The summed E-state index contributed by atoms with van der Waals surface area (Å²) in [6.45, 7) is 1.73. The van der Waals surface area contributed by atoms with E-state index in [-0.39, 0.29) is 5.91 Å². The van der Waals surface area contributed by atoms with Crippen LogP contribution in [0.25, 0.3) is 0 Å². The van der Waals surface area contributed by atoms with Crippen molar-refractivity contribution < 1.29 is 9.53 Å². The molecule has 1 aliphatic carbocycles. The van der Waals surface area contributed by atoms with Crippen molar-refractivity contribution in [3.8, 4) is 0 Å². The normalized spacial score (nSPS) is 20.2. The Hall–Kier alpha value is -0.870. The van der Waals surface area contributed by atoms with E-state index in [9.17, 15) is 4.79 Å². The zero-order valence-electron chi connectivity index (χ0n) is 9.29. The lowest BCUT2D eigenvalue weighted by Crippen LogP contribution is -2.41. The Morgan fingerprint density at radius 2 is 2.40 bits per heavy atom. The number of ether oxygens (including phenoxy) is 1. The van der Waals surface area contributed by atoms with Crippen molar-refractivity contribution in [1.29, 1.82) is 0 Å². The van der Waals surface area contributed by atoms with Crippen molar-refractivity contribution in [1.82, 2.24) is 10.6 Å². The van der Waals surface area contributed by atoms with E-state index in [1.807, 2.05) is 0 Å². The molecule has 1 unspecified atom stereocenters. The van der Waals surface area contributed by atoms with Gasteiger partial charge in [0.25, 0.3) is 0 Å². The van der Waals surface area contributed by atoms with Gasteiger partial charge in [0.05, 0.1) is 13.2 Å². The van der Waals surface area contributed by atoms with Gasteiger partial charge in [-0.05, 0) is 19.3 Å².